The molecule has 3 aromatic carbocycles. The van der Waals surface area contributed by atoms with E-state index in [0.717, 1.165) is 36.5 Å². The van der Waals surface area contributed by atoms with Crippen LogP contribution in [0, 0.1) is 22.0 Å². The highest BCUT2D eigenvalue weighted by atomic mass is 32.2. The molecule has 8 heteroatoms. The summed E-state index contributed by atoms with van der Waals surface area (Å²) < 4.78 is 34.4. The normalized spacial score (nSPS) is 21.4. The number of benzene rings is 3. The molecule has 166 valence electrons. The molecule has 0 aromatic heterocycles. The van der Waals surface area contributed by atoms with Crippen molar-refractivity contribution in [1.82, 2.24) is 4.31 Å². The Hall–Kier alpha value is -2.97. The minimum absolute atomic E-state index is 0.00734. The van der Waals surface area contributed by atoms with Gasteiger partial charge in [0.1, 0.15) is 11.5 Å². The Morgan fingerprint density at radius 1 is 0.906 bits per heavy atom. The lowest BCUT2D eigenvalue weighted by molar-refractivity contribution is -0.384. The molecule has 0 amide bonds. The van der Waals surface area contributed by atoms with E-state index in [1.54, 1.807) is 40.7 Å². The molecule has 3 aromatic rings. The van der Waals surface area contributed by atoms with E-state index in [1.807, 2.05) is 12.1 Å². The average molecular weight is 453 g/mol. The monoisotopic (exact) mass is 452 g/mol. The second-order valence-electron chi connectivity index (χ2n) is 8.70. The Morgan fingerprint density at radius 3 is 2.19 bits per heavy atom. The van der Waals surface area contributed by atoms with Crippen molar-refractivity contribution in [2.45, 2.75) is 30.6 Å². The highest BCUT2D eigenvalue weighted by molar-refractivity contribution is 7.89. The summed E-state index contributed by atoms with van der Waals surface area (Å²) in [5, 5.41) is 12.4. The molecule has 0 unspecified atom stereocenters. The van der Waals surface area contributed by atoms with E-state index >= 15 is 0 Å². The number of rotatable bonds is 5. The maximum Gasteiger partial charge on any atom is 0.269 e. The zero-order valence-corrected chi connectivity index (χ0v) is 18.3. The number of fused-ring (bicyclic) bond motifs is 5. The van der Waals surface area contributed by atoms with Gasteiger partial charge >= 0.3 is 0 Å². The zero-order valence-electron chi connectivity index (χ0n) is 17.5. The lowest BCUT2D eigenvalue weighted by Crippen LogP contribution is -2.34. The van der Waals surface area contributed by atoms with Gasteiger partial charge in [0.05, 0.1) is 9.82 Å². The van der Waals surface area contributed by atoms with Crippen LogP contribution in [0.25, 0.3) is 10.8 Å². The Bertz CT molecular complexity index is 1250. The van der Waals surface area contributed by atoms with Crippen molar-refractivity contribution < 1.29 is 18.1 Å². The van der Waals surface area contributed by atoms with Gasteiger partial charge in [0.25, 0.3) is 5.69 Å². The number of sulfonamides is 1. The van der Waals surface area contributed by atoms with Gasteiger partial charge < -0.3 is 4.74 Å². The minimum Gasteiger partial charge on any atom is -0.457 e. The van der Waals surface area contributed by atoms with Gasteiger partial charge in [-0.15, -0.1) is 0 Å². The molecular formula is C24H24N2O5S. The van der Waals surface area contributed by atoms with E-state index in [9.17, 15) is 18.5 Å². The van der Waals surface area contributed by atoms with Crippen LogP contribution in [0.3, 0.4) is 0 Å². The first kappa shape index (κ1) is 20.9. The maximum absolute atomic E-state index is 13.4. The fraction of sp³-hybridized carbons (Fsp3) is 0.333. The summed E-state index contributed by atoms with van der Waals surface area (Å²) in [5.74, 6) is 1.96. The van der Waals surface area contributed by atoms with Crippen LogP contribution in [-0.2, 0) is 10.0 Å². The molecule has 2 saturated heterocycles. The van der Waals surface area contributed by atoms with Crippen molar-refractivity contribution in [3.63, 3.8) is 0 Å². The number of ether oxygens (including phenoxy) is 1. The second kappa shape index (κ2) is 8.18. The summed E-state index contributed by atoms with van der Waals surface area (Å²) in [6.45, 7) is 1.22. The maximum atomic E-state index is 13.4. The van der Waals surface area contributed by atoms with Crippen molar-refractivity contribution in [2.75, 3.05) is 13.1 Å². The molecule has 3 aliphatic rings. The van der Waals surface area contributed by atoms with Crippen molar-refractivity contribution in [3.05, 3.63) is 70.8 Å². The van der Waals surface area contributed by atoms with Crippen LogP contribution < -0.4 is 4.74 Å². The molecule has 2 bridgehead atoms. The molecule has 7 nitrogen and oxygen atoms in total. The van der Waals surface area contributed by atoms with E-state index < -0.39 is 14.9 Å². The van der Waals surface area contributed by atoms with Crippen LogP contribution in [0.2, 0.25) is 0 Å². The number of nitrogens with zero attached hydrogens (tertiary/aromatic N) is 2. The van der Waals surface area contributed by atoms with Crippen molar-refractivity contribution >= 4 is 26.5 Å². The summed E-state index contributed by atoms with van der Waals surface area (Å²) >= 11 is 0. The van der Waals surface area contributed by atoms with Gasteiger partial charge in [-0.2, -0.15) is 4.31 Å². The molecule has 32 heavy (non-hydrogen) atoms. The third-order valence-electron chi connectivity index (χ3n) is 6.61. The predicted molar refractivity (Wildman–Crippen MR) is 121 cm³/mol. The van der Waals surface area contributed by atoms with Gasteiger partial charge in [0.15, 0.2) is 0 Å². The van der Waals surface area contributed by atoms with Gasteiger partial charge in [-0.1, -0.05) is 12.1 Å². The Morgan fingerprint density at radius 2 is 1.56 bits per heavy atom. The van der Waals surface area contributed by atoms with Gasteiger partial charge in [0, 0.05) is 30.6 Å². The van der Waals surface area contributed by atoms with E-state index in [1.165, 1.54) is 12.1 Å². The Balaban J connectivity index is 1.44. The van der Waals surface area contributed by atoms with Gasteiger partial charge in [-0.25, -0.2) is 8.42 Å². The number of hydrogen-bond donors (Lipinski definition) is 0. The van der Waals surface area contributed by atoms with E-state index in [2.05, 4.69) is 0 Å². The zero-order chi connectivity index (χ0) is 22.3. The van der Waals surface area contributed by atoms with Crippen LogP contribution in [0.5, 0.6) is 11.5 Å². The fourth-order valence-corrected chi connectivity index (χ4v) is 6.47. The summed E-state index contributed by atoms with van der Waals surface area (Å²) in [4.78, 5) is 10.7. The van der Waals surface area contributed by atoms with Crippen LogP contribution in [0.1, 0.15) is 25.7 Å². The lowest BCUT2D eigenvalue weighted by atomic mass is 9.84. The molecule has 0 spiro atoms. The van der Waals surface area contributed by atoms with Crippen LogP contribution in [0.4, 0.5) is 5.69 Å². The molecule has 6 rings (SSSR count). The van der Waals surface area contributed by atoms with Gasteiger partial charge in [0.2, 0.25) is 10.0 Å². The van der Waals surface area contributed by atoms with E-state index in [-0.39, 0.29) is 5.69 Å². The molecular weight excluding hydrogens is 428 g/mol. The van der Waals surface area contributed by atoms with Crippen molar-refractivity contribution in [1.29, 1.82) is 0 Å². The Kier molecular flexibility index (Phi) is 5.35. The average Bonchev–Trinajstić information content (AvgIpc) is 3.14. The SMILES string of the molecule is O=[N+]([O-])c1ccc(Oc2cccc3cc(S(=O)(=O)N4CC5CCC(CC5)C4)ccc23)cc1. The summed E-state index contributed by atoms with van der Waals surface area (Å²) in [5.41, 5.74) is -0.00734. The smallest absolute Gasteiger partial charge is 0.269 e. The fourth-order valence-electron chi connectivity index (χ4n) is 4.84. The highest BCUT2D eigenvalue weighted by Crippen LogP contribution is 2.37. The first-order chi connectivity index (χ1) is 15.4. The van der Waals surface area contributed by atoms with Gasteiger partial charge in [-0.05, 0) is 79.3 Å². The molecule has 0 radical (unpaired) electrons. The summed E-state index contributed by atoms with van der Waals surface area (Å²) in [6.07, 6.45) is 4.49. The third kappa shape index (κ3) is 3.96. The van der Waals surface area contributed by atoms with Crippen molar-refractivity contribution in [3.8, 4) is 11.5 Å². The summed E-state index contributed by atoms with van der Waals surface area (Å²) in [6, 6.07) is 16.5. The topological polar surface area (TPSA) is 89.7 Å². The first-order valence-electron chi connectivity index (χ1n) is 10.9. The summed E-state index contributed by atoms with van der Waals surface area (Å²) in [7, 11) is -3.56. The third-order valence-corrected chi connectivity index (χ3v) is 8.44. The molecule has 0 N–H and O–H groups in total. The van der Waals surface area contributed by atoms with Crippen LogP contribution in [-0.4, -0.2) is 30.7 Å². The lowest BCUT2D eigenvalue weighted by Gasteiger charge is -2.22. The number of nitro groups is 1. The molecule has 2 heterocycles. The second-order valence-corrected chi connectivity index (χ2v) is 10.6. The van der Waals surface area contributed by atoms with Crippen LogP contribution in [0.15, 0.2) is 65.6 Å². The molecule has 3 fully saturated rings. The van der Waals surface area contributed by atoms with Gasteiger partial charge in [-0.3, -0.25) is 10.1 Å². The number of hydrogen-bond acceptors (Lipinski definition) is 5. The molecule has 0 atom stereocenters. The number of nitro benzene ring substituents is 1. The first-order valence-corrected chi connectivity index (χ1v) is 12.3. The van der Waals surface area contributed by atoms with E-state index in [4.69, 9.17) is 4.74 Å². The van der Waals surface area contributed by atoms with Crippen LogP contribution >= 0.6 is 0 Å². The molecule has 1 aliphatic carbocycles. The standard InChI is InChI=1S/C24H24N2O5S/c27-26(28)20-8-10-21(11-9-20)31-24-3-1-2-19-14-22(12-13-23(19)24)32(29,30)25-15-17-4-5-18(16-25)7-6-17/h1-3,8-14,17-18H,4-7,15-16H2. The molecule has 1 saturated carbocycles. The quantitative estimate of drug-likeness (QED) is 0.384. The number of non-ortho nitro benzene ring substituents is 1. The van der Waals surface area contributed by atoms with Crippen molar-refractivity contribution in [2.24, 2.45) is 11.8 Å². The highest BCUT2D eigenvalue weighted by Gasteiger charge is 2.35. The minimum atomic E-state index is -3.56. The Labute approximate surface area is 186 Å². The predicted octanol–water partition coefficient (Wildman–Crippen LogP) is 5.35. The van der Waals surface area contributed by atoms with E-state index in [0.29, 0.717) is 41.3 Å². The molecule has 2 aliphatic heterocycles. The largest absolute Gasteiger partial charge is 0.457 e.